The Morgan fingerprint density at radius 1 is 1.15 bits per heavy atom. The first-order chi connectivity index (χ1) is 12.4. The number of rotatable bonds is 7. The van der Waals surface area contributed by atoms with Gasteiger partial charge in [0.1, 0.15) is 0 Å². The normalized spacial score (nSPS) is 31.2. The van der Waals surface area contributed by atoms with Crippen molar-refractivity contribution in [1.29, 1.82) is 0 Å². The summed E-state index contributed by atoms with van der Waals surface area (Å²) in [7, 11) is 0. The van der Waals surface area contributed by atoms with Gasteiger partial charge in [-0.05, 0) is 37.7 Å². The first kappa shape index (κ1) is 20.8. The minimum atomic E-state index is -0.424. The summed E-state index contributed by atoms with van der Waals surface area (Å²) in [5, 5.41) is 0. The lowest BCUT2D eigenvalue weighted by Crippen LogP contribution is -2.50. The molecule has 0 aromatic rings. The highest BCUT2D eigenvalue weighted by molar-refractivity contribution is 8.20. The van der Waals surface area contributed by atoms with E-state index in [0.717, 1.165) is 43.5 Å². The summed E-state index contributed by atoms with van der Waals surface area (Å²) in [6, 6.07) is 0. The number of allylic oxidation sites excluding steroid dienone is 2. The van der Waals surface area contributed by atoms with Gasteiger partial charge in [0, 0.05) is 35.7 Å². The van der Waals surface area contributed by atoms with E-state index in [2.05, 4.69) is 50.4 Å². The van der Waals surface area contributed by atoms with Gasteiger partial charge >= 0.3 is 0 Å². The number of thioether (sulfide) groups is 2. The van der Waals surface area contributed by atoms with Crippen LogP contribution in [0.3, 0.4) is 0 Å². The predicted molar refractivity (Wildman–Crippen MR) is 112 cm³/mol. The molecule has 1 spiro atoms. The third-order valence-corrected chi connectivity index (χ3v) is 8.92. The quantitative estimate of drug-likeness (QED) is 0.544. The summed E-state index contributed by atoms with van der Waals surface area (Å²) < 4.78 is 13.5. The molecular weight excluding hydrogens is 364 g/mol. The summed E-state index contributed by atoms with van der Waals surface area (Å²) in [6.45, 7) is 8.00. The zero-order valence-electron chi connectivity index (χ0n) is 16.5. The molecule has 3 aliphatic rings. The van der Waals surface area contributed by atoms with Crippen LogP contribution in [-0.2, 0) is 14.3 Å². The SMILES string of the molecule is CCCC(=O)/C=C/C1CCC2(OCC(C)(C)CO2)C1CCC1SCCS1. The standard InChI is InChI=1S/C21H34O3S2/c1-4-5-17(22)7-6-16-10-11-21(23-14-20(2,3)15-24-21)18(16)8-9-19-25-12-13-26-19/h6-7,16,18-19H,4-5,8-15H2,1-3H3/b7-6+. The lowest BCUT2D eigenvalue weighted by molar-refractivity contribution is -0.316. The van der Waals surface area contributed by atoms with Crippen LogP contribution in [0.5, 0.6) is 0 Å². The lowest BCUT2D eigenvalue weighted by Gasteiger charge is -2.45. The van der Waals surface area contributed by atoms with Crippen LogP contribution < -0.4 is 0 Å². The molecule has 1 saturated carbocycles. The maximum Gasteiger partial charge on any atom is 0.171 e. The van der Waals surface area contributed by atoms with Gasteiger partial charge in [0.15, 0.2) is 11.6 Å². The fourth-order valence-corrected chi connectivity index (χ4v) is 7.14. The van der Waals surface area contributed by atoms with E-state index in [1.807, 2.05) is 6.08 Å². The average Bonchev–Trinajstić information content (AvgIpc) is 3.23. The molecule has 2 saturated heterocycles. The molecule has 0 aromatic heterocycles. The second-order valence-corrected chi connectivity index (χ2v) is 11.6. The highest BCUT2D eigenvalue weighted by Crippen LogP contribution is 2.51. The van der Waals surface area contributed by atoms with E-state index in [9.17, 15) is 4.79 Å². The van der Waals surface area contributed by atoms with E-state index in [1.54, 1.807) is 0 Å². The van der Waals surface area contributed by atoms with Crippen LogP contribution >= 0.6 is 23.5 Å². The van der Waals surface area contributed by atoms with Crippen molar-refractivity contribution in [2.24, 2.45) is 17.3 Å². The number of hydrogen-bond donors (Lipinski definition) is 0. The van der Waals surface area contributed by atoms with Crippen molar-refractivity contribution in [2.75, 3.05) is 24.7 Å². The van der Waals surface area contributed by atoms with Gasteiger partial charge in [-0.25, -0.2) is 0 Å². The molecule has 0 radical (unpaired) electrons. The zero-order valence-corrected chi connectivity index (χ0v) is 18.1. The van der Waals surface area contributed by atoms with Gasteiger partial charge in [-0.1, -0.05) is 26.8 Å². The third kappa shape index (κ3) is 5.09. The second-order valence-electron chi connectivity index (χ2n) is 8.69. The third-order valence-electron chi connectivity index (χ3n) is 5.75. The molecule has 0 amide bonds. The van der Waals surface area contributed by atoms with Crippen LogP contribution in [0.25, 0.3) is 0 Å². The Morgan fingerprint density at radius 2 is 1.85 bits per heavy atom. The average molecular weight is 399 g/mol. The Labute approximate surface area is 167 Å². The van der Waals surface area contributed by atoms with E-state index in [0.29, 0.717) is 18.3 Å². The number of ether oxygens (including phenoxy) is 2. The molecular formula is C21H34O3S2. The fraction of sp³-hybridized carbons (Fsp3) is 0.857. The highest BCUT2D eigenvalue weighted by atomic mass is 32.2. The fourth-order valence-electron chi connectivity index (χ4n) is 4.27. The molecule has 3 rings (SSSR count). The number of hydrogen-bond acceptors (Lipinski definition) is 5. The van der Waals surface area contributed by atoms with Crippen LogP contribution in [0.2, 0.25) is 0 Å². The van der Waals surface area contributed by atoms with Gasteiger partial charge in [-0.2, -0.15) is 0 Å². The molecule has 0 N–H and O–H groups in total. The molecule has 0 bridgehead atoms. The van der Waals surface area contributed by atoms with E-state index < -0.39 is 5.79 Å². The van der Waals surface area contributed by atoms with Crippen molar-refractivity contribution in [3.8, 4) is 0 Å². The van der Waals surface area contributed by atoms with Gasteiger partial charge in [-0.3, -0.25) is 4.79 Å². The molecule has 2 atom stereocenters. The highest BCUT2D eigenvalue weighted by Gasteiger charge is 2.52. The number of carbonyl (C=O) groups is 1. The van der Waals surface area contributed by atoms with Crippen molar-refractivity contribution >= 4 is 29.3 Å². The van der Waals surface area contributed by atoms with Crippen molar-refractivity contribution in [2.45, 2.75) is 69.7 Å². The summed E-state index contributed by atoms with van der Waals surface area (Å²) in [5.74, 6) is 3.15. The smallest absolute Gasteiger partial charge is 0.171 e. The Hall–Kier alpha value is 0.0300. The van der Waals surface area contributed by atoms with E-state index in [-0.39, 0.29) is 11.2 Å². The Kier molecular flexibility index (Phi) is 7.20. The first-order valence-corrected chi connectivity index (χ1v) is 12.3. The van der Waals surface area contributed by atoms with E-state index in [1.165, 1.54) is 17.9 Å². The van der Waals surface area contributed by atoms with Crippen LogP contribution in [0.1, 0.15) is 59.3 Å². The molecule has 5 heteroatoms. The molecule has 2 unspecified atom stereocenters. The molecule has 148 valence electrons. The van der Waals surface area contributed by atoms with Crippen molar-refractivity contribution in [3.63, 3.8) is 0 Å². The van der Waals surface area contributed by atoms with Crippen LogP contribution in [0.4, 0.5) is 0 Å². The lowest BCUT2D eigenvalue weighted by atomic mass is 9.86. The summed E-state index contributed by atoms with van der Waals surface area (Å²) in [4.78, 5) is 12.0. The molecule has 1 aliphatic carbocycles. The van der Waals surface area contributed by atoms with Crippen LogP contribution in [-0.4, -0.2) is 40.9 Å². The Bertz CT molecular complexity index is 501. The molecule has 3 fully saturated rings. The van der Waals surface area contributed by atoms with Crippen molar-refractivity contribution < 1.29 is 14.3 Å². The molecule has 0 aromatic carbocycles. The van der Waals surface area contributed by atoms with Crippen molar-refractivity contribution in [3.05, 3.63) is 12.2 Å². The van der Waals surface area contributed by atoms with Crippen molar-refractivity contribution in [1.82, 2.24) is 0 Å². The second kappa shape index (κ2) is 9.02. The molecule has 2 heterocycles. The molecule has 2 aliphatic heterocycles. The number of ketones is 1. The summed E-state index contributed by atoms with van der Waals surface area (Å²) in [5.41, 5.74) is 0.0952. The van der Waals surface area contributed by atoms with Gasteiger partial charge in [-0.15, -0.1) is 23.5 Å². The summed E-state index contributed by atoms with van der Waals surface area (Å²) >= 11 is 4.19. The van der Waals surface area contributed by atoms with Crippen LogP contribution in [0, 0.1) is 17.3 Å². The largest absolute Gasteiger partial charge is 0.349 e. The summed E-state index contributed by atoms with van der Waals surface area (Å²) in [6.07, 6.45) is 9.91. The number of carbonyl (C=O) groups excluding carboxylic acids is 1. The van der Waals surface area contributed by atoms with Gasteiger partial charge in [0.2, 0.25) is 0 Å². The monoisotopic (exact) mass is 398 g/mol. The van der Waals surface area contributed by atoms with Gasteiger partial charge in [0.25, 0.3) is 0 Å². The maximum absolute atomic E-state index is 12.0. The topological polar surface area (TPSA) is 35.5 Å². The van der Waals surface area contributed by atoms with Gasteiger partial charge in [0.05, 0.1) is 17.8 Å². The van der Waals surface area contributed by atoms with Crippen LogP contribution in [0.15, 0.2) is 12.2 Å². The Morgan fingerprint density at radius 3 is 2.50 bits per heavy atom. The minimum Gasteiger partial charge on any atom is -0.349 e. The zero-order chi connectivity index (χ0) is 18.6. The van der Waals surface area contributed by atoms with E-state index in [4.69, 9.17) is 9.47 Å². The molecule has 3 nitrogen and oxygen atoms in total. The first-order valence-electron chi connectivity index (χ1n) is 10.2. The minimum absolute atomic E-state index is 0.0952. The van der Waals surface area contributed by atoms with Gasteiger partial charge < -0.3 is 9.47 Å². The van der Waals surface area contributed by atoms with E-state index >= 15 is 0 Å². The molecule has 26 heavy (non-hydrogen) atoms. The Balaban J connectivity index is 1.68. The maximum atomic E-state index is 12.0. The predicted octanol–water partition coefficient (Wildman–Crippen LogP) is 5.29.